The molecular weight excluding hydrogens is 458 g/mol. The first kappa shape index (κ1) is 19.1. The minimum absolute atomic E-state index is 0.0220. The van der Waals surface area contributed by atoms with Crippen molar-refractivity contribution in [1.29, 1.82) is 0 Å². The van der Waals surface area contributed by atoms with Crippen LogP contribution in [0.15, 0.2) is 40.9 Å². The van der Waals surface area contributed by atoms with E-state index in [9.17, 15) is 18.7 Å². The molecular formula is C19H14BrClF2N2O3. The van der Waals surface area contributed by atoms with Gasteiger partial charge in [0.05, 0.1) is 23.5 Å². The van der Waals surface area contributed by atoms with Crippen molar-refractivity contribution in [1.82, 2.24) is 9.55 Å². The molecule has 0 radical (unpaired) electrons. The molecule has 2 atom stereocenters. The molecule has 2 aromatic carbocycles. The molecule has 28 heavy (non-hydrogen) atoms. The molecule has 0 bridgehead atoms. The van der Waals surface area contributed by atoms with E-state index in [-0.39, 0.29) is 23.1 Å². The summed E-state index contributed by atoms with van der Waals surface area (Å²) in [6.07, 6.45) is 0.261. The number of aliphatic carboxylic acids is 1. The van der Waals surface area contributed by atoms with Gasteiger partial charge in [0.1, 0.15) is 11.6 Å². The number of ether oxygens (including phenoxy) is 1. The van der Waals surface area contributed by atoms with Crippen LogP contribution in [0.3, 0.4) is 0 Å². The standard InChI is InChI=1S/C19H14BrClF2N2O3/c20-10-4-5-12-13(8-10)25-14(6-9(7-16(26)27)18(25)24-12)17-11(21)2-1-3-15(17)28-19(22)23/h1-5,8-9,14,19H,6-7H2,(H,26,27)/t9-,14+/m0/s1. The molecule has 146 valence electrons. The van der Waals surface area contributed by atoms with Gasteiger partial charge in [-0.3, -0.25) is 4.79 Å². The molecule has 3 aromatic rings. The Labute approximate surface area is 172 Å². The number of aromatic nitrogens is 2. The van der Waals surface area contributed by atoms with Gasteiger partial charge >= 0.3 is 12.6 Å². The predicted molar refractivity (Wildman–Crippen MR) is 103 cm³/mol. The van der Waals surface area contributed by atoms with Crippen molar-refractivity contribution in [2.75, 3.05) is 0 Å². The zero-order chi connectivity index (χ0) is 20.0. The molecule has 9 heteroatoms. The number of benzene rings is 2. The second-order valence-corrected chi connectivity index (χ2v) is 7.87. The summed E-state index contributed by atoms with van der Waals surface area (Å²) in [5, 5.41) is 9.59. The molecule has 0 saturated carbocycles. The lowest BCUT2D eigenvalue weighted by atomic mass is 9.95. The number of alkyl halides is 2. The van der Waals surface area contributed by atoms with Gasteiger partial charge in [-0.15, -0.1) is 0 Å². The maximum Gasteiger partial charge on any atom is 0.387 e. The molecule has 1 aliphatic rings. The van der Waals surface area contributed by atoms with Crippen LogP contribution in [0, 0.1) is 0 Å². The van der Waals surface area contributed by atoms with Crippen molar-refractivity contribution in [2.24, 2.45) is 0 Å². The number of hydrogen-bond donors (Lipinski definition) is 1. The quantitative estimate of drug-likeness (QED) is 0.526. The molecule has 5 nitrogen and oxygen atoms in total. The van der Waals surface area contributed by atoms with Crippen molar-refractivity contribution in [3.8, 4) is 5.75 Å². The maximum absolute atomic E-state index is 12.9. The smallest absolute Gasteiger partial charge is 0.387 e. The Kier molecular flexibility index (Phi) is 5.01. The summed E-state index contributed by atoms with van der Waals surface area (Å²) in [5.41, 5.74) is 1.87. The van der Waals surface area contributed by atoms with Crippen LogP contribution in [0.2, 0.25) is 5.02 Å². The Morgan fingerprint density at radius 3 is 2.89 bits per heavy atom. The van der Waals surface area contributed by atoms with Gasteiger partial charge in [0.15, 0.2) is 0 Å². The largest absolute Gasteiger partial charge is 0.481 e. The minimum atomic E-state index is -3.00. The lowest BCUT2D eigenvalue weighted by molar-refractivity contribution is -0.137. The van der Waals surface area contributed by atoms with Crippen LogP contribution in [-0.4, -0.2) is 27.2 Å². The fourth-order valence-electron chi connectivity index (χ4n) is 3.85. The first-order chi connectivity index (χ1) is 13.3. The van der Waals surface area contributed by atoms with Crippen LogP contribution < -0.4 is 4.74 Å². The monoisotopic (exact) mass is 470 g/mol. The molecule has 0 aliphatic carbocycles. The third kappa shape index (κ3) is 3.35. The first-order valence-electron chi connectivity index (χ1n) is 8.47. The molecule has 0 unspecified atom stereocenters. The highest BCUT2D eigenvalue weighted by Crippen LogP contribution is 2.48. The molecule has 0 fully saturated rings. The molecule has 2 heterocycles. The van der Waals surface area contributed by atoms with E-state index in [1.54, 1.807) is 6.07 Å². The first-order valence-corrected chi connectivity index (χ1v) is 9.64. The predicted octanol–water partition coefficient (Wildman–Crippen LogP) is 5.61. The zero-order valence-corrected chi connectivity index (χ0v) is 16.6. The van der Waals surface area contributed by atoms with E-state index < -0.39 is 18.6 Å². The van der Waals surface area contributed by atoms with Gasteiger partial charge in [0, 0.05) is 21.0 Å². The van der Waals surface area contributed by atoms with Crippen molar-refractivity contribution in [2.45, 2.75) is 31.4 Å². The van der Waals surface area contributed by atoms with Gasteiger partial charge in [-0.25, -0.2) is 4.98 Å². The van der Waals surface area contributed by atoms with Crippen LogP contribution in [-0.2, 0) is 4.79 Å². The summed E-state index contributed by atoms with van der Waals surface area (Å²) in [5.74, 6) is -0.743. The number of carbonyl (C=O) groups is 1. The number of rotatable bonds is 5. The SMILES string of the molecule is O=C(O)C[C@@H]1C[C@H](c2c(Cl)cccc2OC(F)F)n2c1nc1ccc(Br)cc12. The Hall–Kier alpha value is -2.19. The molecule has 1 aliphatic heterocycles. The third-order valence-corrected chi connectivity index (χ3v) is 5.67. The summed E-state index contributed by atoms with van der Waals surface area (Å²) in [6, 6.07) is 9.64. The third-order valence-electron chi connectivity index (χ3n) is 4.85. The maximum atomic E-state index is 12.9. The highest BCUT2D eigenvalue weighted by molar-refractivity contribution is 9.10. The number of carboxylic acids is 1. The summed E-state index contributed by atoms with van der Waals surface area (Å²) in [6.45, 7) is -3.00. The van der Waals surface area contributed by atoms with Crippen molar-refractivity contribution in [3.05, 3.63) is 57.3 Å². The normalized spacial score (nSPS) is 18.6. The fourth-order valence-corrected chi connectivity index (χ4v) is 4.49. The molecule has 0 amide bonds. The number of carboxylic acid groups (broad SMARTS) is 1. The molecule has 1 N–H and O–H groups in total. The number of nitrogens with zero attached hydrogens (tertiary/aromatic N) is 2. The molecule has 1 aromatic heterocycles. The second-order valence-electron chi connectivity index (χ2n) is 6.55. The van der Waals surface area contributed by atoms with E-state index in [1.807, 2.05) is 22.8 Å². The van der Waals surface area contributed by atoms with E-state index >= 15 is 0 Å². The Morgan fingerprint density at radius 2 is 2.18 bits per heavy atom. The van der Waals surface area contributed by atoms with Crippen LogP contribution in [0.5, 0.6) is 5.75 Å². The average Bonchev–Trinajstić information content (AvgIpc) is 3.12. The second kappa shape index (κ2) is 7.33. The van der Waals surface area contributed by atoms with E-state index in [0.29, 0.717) is 23.3 Å². The van der Waals surface area contributed by atoms with Gasteiger partial charge in [0.25, 0.3) is 0 Å². The number of fused-ring (bicyclic) bond motifs is 3. The van der Waals surface area contributed by atoms with Gasteiger partial charge in [-0.05, 0) is 36.8 Å². The minimum Gasteiger partial charge on any atom is -0.481 e. The molecule has 0 saturated heterocycles. The highest BCUT2D eigenvalue weighted by Gasteiger charge is 2.38. The number of imidazole rings is 1. The Morgan fingerprint density at radius 1 is 1.39 bits per heavy atom. The van der Waals surface area contributed by atoms with Crippen molar-refractivity contribution < 1.29 is 23.4 Å². The summed E-state index contributed by atoms with van der Waals surface area (Å²) in [4.78, 5) is 16.0. The van der Waals surface area contributed by atoms with Crippen LogP contribution in [0.4, 0.5) is 8.78 Å². The lowest BCUT2D eigenvalue weighted by Crippen LogP contribution is -2.11. The highest BCUT2D eigenvalue weighted by atomic mass is 79.9. The van der Waals surface area contributed by atoms with Crippen LogP contribution >= 0.6 is 27.5 Å². The average molecular weight is 472 g/mol. The topological polar surface area (TPSA) is 64.3 Å². The van der Waals surface area contributed by atoms with Crippen LogP contribution in [0.1, 0.15) is 36.2 Å². The molecule has 4 rings (SSSR count). The van der Waals surface area contributed by atoms with Gasteiger partial charge in [-0.1, -0.05) is 33.6 Å². The fraction of sp³-hybridized carbons (Fsp3) is 0.263. The van der Waals surface area contributed by atoms with E-state index in [2.05, 4.69) is 20.9 Å². The van der Waals surface area contributed by atoms with E-state index in [1.165, 1.54) is 12.1 Å². The van der Waals surface area contributed by atoms with Gasteiger partial charge in [-0.2, -0.15) is 8.78 Å². The Balaban J connectivity index is 1.92. The van der Waals surface area contributed by atoms with E-state index in [4.69, 9.17) is 16.3 Å². The van der Waals surface area contributed by atoms with Crippen molar-refractivity contribution in [3.63, 3.8) is 0 Å². The Bertz CT molecular complexity index is 1070. The van der Waals surface area contributed by atoms with Crippen LogP contribution in [0.25, 0.3) is 11.0 Å². The summed E-state index contributed by atoms with van der Waals surface area (Å²) >= 11 is 9.81. The van der Waals surface area contributed by atoms with Crippen molar-refractivity contribution >= 4 is 44.5 Å². The number of hydrogen-bond acceptors (Lipinski definition) is 3. The summed E-state index contributed by atoms with van der Waals surface area (Å²) in [7, 11) is 0. The zero-order valence-electron chi connectivity index (χ0n) is 14.3. The number of halogens is 4. The lowest BCUT2D eigenvalue weighted by Gasteiger charge is -2.20. The van der Waals surface area contributed by atoms with Gasteiger partial charge < -0.3 is 14.4 Å². The summed E-state index contributed by atoms with van der Waals surface area (Å²) < 4.78 is 33.3. The van der Waals surface area contributed by atoms with E-state index in [0.717, 1.165) is 9.99 Å². The van der Waals surface area contributed by atoms with Gasteiger partial charge in [0.2, 0.25) is 0 Å². The molecule has 0 spiro atoms.